The Labute approximate surface area is 139 Å². The summed E-state index contributed by atoms with van der Waals surface area (Å²) in [7, 11) is 1.73. The first-order valence-corrected chi connectivity index (χ1v) is 7.78. The van der Waals surface area contributed by atoms with Crippen molar-refractivity contribution in [3.8, 4) is 0 Å². The van der Waals surface area contributed by atoms with Gasteiger partial charge < -0.3 is 10.0 Å². The van der Waals surface area contributed by atoms with Crippen LogP contribution < -0.4 is 0 Å². The minimum absolute atomic E-state index is 0.0339. The van der Waals surface area contributed by atoms with Gasteiger partial charge in [0, 0.05) is 19.5 Å². The van der Waals surface area contributed by atoms with Gasteiger partial charge in [-0.15, -0.1) is 0 Å². The molecule has 3 rings (SSSR count). The summed E-state index contributed by atoms with van der Waals surface area (Å²) < 4.78 is 13.3. The third-order valence-electron chi connectivity index (χ3n) is 4.38. The van der Waals surface area contributed by atoms with E-state index >= 15 is 0 Å². The molecule has 1 N–H and O–H groups in total. The Morgan fingerprint density at radius 3 is 2.54 bits per heavy atom. The Balaban J connectivity index is 1.60. The van der Waals surface area contributed by atoms with Gasteiger partial charge in [0.1, 0.15) is 5.82 Å². The number of nitrogens with zero attached hydrogens (tertiary/aromatic N) is 1. The smallest absolute Gasteiger partial charge is 0.335 e. The molecular weight excluding hydrogens is 309 g/mol. The van der Waals surface area contributed by atoms with Crippen LogP contribution in [0.25, 0.3) is 0 Å². The molecule has 1 aliphatic carbocycles. The molecule has 124 valence electrons. The summed E-state index contributed by atoms with van der Waals surface area (Å²) in [6.45, 7) is 0.422. The van der Waals surface area contributed by atoms with Crippen molar-refractivity contribution in [3.05, 3.63) is 71.0 Å². The molecule has 0 bridgehead atoms. The van der Waals surface area contributed by atoms with Crippen molar-refractivity contribution in [1.29, 1.82) is 0 Å². The molecule has 2 atom stereocenters. The summed E-state index contributed by atoms with van der Waals surface area (Å²) in [6, 6.07) is 12.9. The number of rotatable bonds is 5. The van der Waals surface area contributed by atoms with Gasteiger partial charge in [-0.3, -0.25) is 4.79 Å². The van der Waals surface area contributed by atoms with Crippen LogP contribution >= 0.6 is 0 Å². The van der Waals surface area contributed by atoms with Crippen LogP contribution in [-0.2, 0) is 11.3 Å². The molecule has 0 unspecified atom stereocenters. The molecule has 0 heterocycles. The van der Waals surface area contributed by atoms with Gasteiger partial charge in [-0.25, -0.2) is 9.18 Å². The van der Waals surface area contributed by atoms with E-state index < -0.39 is 5.97 Å². The third-order valence-corrected chi connectivity index (χ3v) is 4.38. The quantitative estimate of drug-likeness (QED) is 0.917. The van der Waals surface area contributed by atoms with E-state index in [-0.39, 0.29) is 29.1 Å². The van der Waals surface area contributed by atoms with Crippen LogP contribution in [-0.4, -0.2) is 28.9 Å². The number of amides is 1. The second-order valence-corrected chi connectivity index (χ2v) is 6.20. The number of benzene rings is 2. The molecule has 0 aliphatic heterocycles. The van der Waals surface area contributed by atoms with Crippen LogP contribution in [0.15, 0.2) is 48.5 Å². The van der Waals surface area contributed by atoms with Crippen LogP contribution in [0.5, 0.6) is 0 Å². The zero-order chi connectivity index (χ0) is 17.3. The predicted molar refractivity (Wildman–Crippen MR) is 87.1 cm³/mol. The van der Waals surface area contributed by atoms with Gasteiger partial charge in [-0.1, -0.05) is 24.3 Å². The Hall–Kier alpha value is -2.69. The molecule has 5 heteroatoms. The van der Waals surface area contributed by atoms with Crippen molar-refractivity contribution in [2.24, 2.45) is 5.92 Å². The number of carbonyl (C=O) groups excluding carboxylic acids is 1. The van der Waals surface area contributed by atoms with Gasteiger partial charge in [0.05, 0.1) is 5.56 Å². The molecule has 0 saturated heterocycles. The molecule has 1 fully saturated rings. The normalized spacial score (nSPS) is 18.9. The number of carboxylic acid groups (broad SMARTS) is 1. The van der Waals surface area contributed by atoms with Gasteiger partial charge in [0.25, 0.3) is 0 Å². The van der Waals surface area contributed by atoms with Crippen LogP contribution in [0.3, 0.4) is 0 Å². The second-order valence-electron chi connectivity index (χ2n) is 6.20. The Morgan fingerprint density at radius 1 is 1.21 bits per heavy atom. The van der Waals surface area contributed by atoms with Crippen molar-refractivity contribution >= 4 is 11.9 Å². The lowest BCUT2D eigenvalue weighted by Gasteiger charge is -2.17. The van der Waals surface area contributed by atoms with E-state index in [1.807, 2.05) is 6.07 Å². The maximum Gasteiger partial charge on any atom is 0.335 e. The maximum atomic E-state index is 13.3. The highest BCUT2D eigenvalue weighted by Gasteiger charge is 2.45. The van der Waals surface area contributed by atoms with Gasteiger partial charge in [-0.2, -0.15) is 0 Å². The average molecular weight is 327 g/mol. The summed E-state index contributed by atoms with van der Waals surface area (Å²) in [5, 5.41) is 8.89. The zero-order valence-electron chi connectivity index (χ0n) is 13.3. The molecule has 2 aromatic carbocycles. The fraction of sp³-hybridized carbons (Fsp3) is 0.263. The number of carboxylic acids is 1. The first-order chi connectivity index (χ1) is 11.5. The van der Waals surface area contributed by atoms with Crippen LogP contribution in [0, 0.1) is 11.7 Å². The molecule has 4 nitrogen and oxygen atoms in total. The summed E-state index contributed by atoms with van der Waals surface area (Å²) in [4.78, 5) is 25.0. The van der Waals surface area contributed by atoms with Crippen molar-refractivity contribution in [2.75, 3.05) is 7.05 Å². The summed E-state index contributed by atoms with van der Waals surface area (Å²) in [5.74, 6) is -1.23. The van der Waals surface area contributed by atoms with Gasteiger partial charge in [0.2, 0.25) is 5.91 Å². The SMILES string of the molecule is CN(Cc1ccc(C(=O)O)cc1)C(=O)[C@@H]1C[C@H]1c1cccc(F)c1. The lowest BCUT2D eigenvalue weighted by atomic mass is 10.1. The number of carbonyl (C=O) groups is 2. The molecule has 1 aliphatic rings. The lowest BCUT2D eigenvalue weighted by molar-refractivity contribution is -0.131. The van der Waals surface area contributed by atoms with E-state index in [4.69, 9.17) is 5.11 Å². The number of halogens is 1. The highest BCUT2D eigenvalue weighted by Crippen LogP contribution is 2.48. The Morgan fingerprint density at radius 2 is 1.92 bits per heavy atom. The fourth-order valence-electron chi connectivity index (χ4n) is 2.96. The minimum atomic E-state index is -0.970. The molecule has 24 heavy (non-hydrogen) atoms. The highest BCUT2D eigenvalue weighted by molar-refractivity contribution is 5.87. The number of aromatic carboxylic acids is 1. The molecule has 0 spiro atoms. The first kappa shape index (κ1) is 16.2. The summed E-state index contributed by atoms with van der Waals surface area (Å²) in [5.41, 5.74) is 1.97. The molecule has 1 amide bonds. The summed E-state index contributed by atoms with van der Waals surface area (Å²) >= 11 is 0. The number of hydrogen-bond acceptors (Lipinski definition) is 2. The van der Waals surface area contributed by atoms with E-state index in [1.165, 1.54) is 24.3 Å². The lowest BCUT2D eigenvalue weighted by Crippen LogP contribution is -2.28. The predicted octanol–water partition coefficient (Wildman–Crippen LogP) is 3.29. The van der Waals surface area contributed by atoms with Crippen molar-refractivity contribution in [1.82, 2.24) is 4.90 Å². The van der Waals surface area contributed by atoms with Gasteiger partial charge in [0.15, 0.2) is 0 Å². The van der Waals surface area contributed by atoms with E-state index in [0.29, 0.717) is 6.54 Å². The van der Waals surface area contributed by atoms with Crippen LogP contribution in [0.2, 0.25) is 0 Å². The van der Waals surface area contributed by atoms with Gasteiger partial charge in [-0.05, 0) is 47.7 Å². The second kappa shape index (κ2) is 6.43. The van der Waals surface area contributed by atoms with E-state index in [2.05, 4.69) is 0 Å². The average Bonchev–Trinajstić information content (AvgIpc) is 3.35. The van der Waals surface area contributed by atoms with E-state index in [9.17, 15) is 14.0 Å². The minimum Gasteiger partial charge on any atom is -0.478 e. The number of hydrogen-bond donors (Lipinski definition) is 1. The third kappa shape index (κ3) is 3.45. The Bertz CT molecular complexity index is 772. The fourth-order valence-corrected chi connectivity index (χ4v) is 2.96. The summed E-state index contributed by atoms with van der Waals surface area (Å²) in [6.07, 6.45) is 0.741. The van der Waals surface area contributed by atoms with E-state index in [0.717, 1.165) is 17.5 Å². The first-order valence-electron chi connectivity index (χ1n) is 7.78. The zero-order valence-corrected chi connectivity index (χ0v) is 13.3. The van der Waals surface area contributed by atoms with Crippen molar-refractivity contribution in [3.63, 3.8) is 0 Å². The van der Waals surface area contributed by atoms with E-state index in [1.54, 1.807) is 30.1 Å². The molecular formula is C19H18FNO3. The van der Waals surface area contributed by atoms with Gasteiger partial charge >= 0.3 is 5.97 Å². The topological polar surface area (TPSA) is 57.6 Å². The highest BCUT2D eigenvalue weighted by atomic mass is 19.1. The maximum absolute atomic E-state index is 13.3. The Kier molecular flexibility index (Phi) is 4.34. The van der Waals surface area contributed by atoms with Crippen molar-refractivity contribution < 1.29 is 19.1 Å². The standard InChI is InChI=1S/C19H18FNO3/c1-21(11-12-5-7-13(8-6-12)19(23)24)18(22)17-10-16(17)14-3-2-4-15(20)9-14/h2-9,16-17H,10-11H2,1H3,(H,23,24)/t16-,17+/m0/s1. The van der Waals surface area contributed by atoms with Crippen molar-refractivity contribution in [2.45, 2.75) is 18.9 Å². The largest absolute Gasteiger partial charge is 0.478 e. The van der Waals surface area contributed by atoms with Crippen LogP contribution in [0.4, 0.5) is 4.39 Å². The molecule has 0 radical (unpaired) electrons. The molecule has 0 aromatic heterocycles. The monoisotopic (exact) mass is 327 g/mol. The molecule has 1 saturated carbocycles. The van der Waals surface area contributed by atoms with Crippen LogP contribution in [0.1, 0.15) is 33.8 Å². The molecule has 2 aromatic rings.